The van der Waals surface area contributed by atoms with E-state index in [1.165, 1.54) is 33.2 Å². The van der Waals surface area contributed by atoms with E-state index in [1.807, 2.05) is 37.3 Å². The van der Waals surface area contributed by atoms with Crippen LogP contribution in [0.25, 0.3) is 0 Å². The maximum atomic E-state index is 13.9. The monoisotopic (exact) mass is 1110 g/mol. The van der Waals surface area contributed by atoms with E-state index in [2.05, 4.69) is 104 Å². The molecular formula is C62H74ClN6O9S+. The van der Waals surface area contributed by atoms with Crippen molar-refractivity contribution in [1.82, 2.24) is 15.2 Å². The average Bonchev–Trinajstić information content (AvgIpc) is 4.01. The highest BCUT2D eigenvalue weighted by Crippen LogP contribution is 2.49. The molecule has 0 saturated heterocycles. The lowest BCUT2D eigenvalue weighted by molar-refractivity contribution is -0.401. The number of allylic oxidation sites excluding steroid dienone is 6. The van der Waals surface area contributed by atoms with E-state index in [4.69, 9.17) is 16.3 Å². The number of nitrogens with zero attached hydrogens (tertiary/aromatic N) is 3. The molecule has 0 unspecified atom stereocenters. The number of hydrogen-bond donors (Lipinski definition) is 5. The number of halogens is 1. The van der Waals surface area contributed by atoms with Gasteiger partial charge in [-0.15, -0.1) is 0 Å². The molecule has 7 rings (SSSR count). The fourth-order valence-electron chi connectivity index (χ4n) is 10.4. The maximum absolute atomic E-state index is 13.9. The minimum absolute atomic E-state index is 0.0154. The zero-order chi connectivity index (χ0) is 57.1. The van der Waals surface area contributed by atoms with Gasteiger partial charge in [-0.2, -0.15) is 13.0 Å². The highest BCUT2D eigenvalue weighted by molar-refractivity contribution is 7.85. The zero-order valence-electron chi connectivity index (χ0n) is 46.3. The van der Waals surface area contributed by atoms with Gasteiger partial charge >= 0.3 is 12.0 Å². The number of anilines is 2. The summed E-state index contributed by atoms with van der Waals surface area (Å²) in [7, 11) is -2.31. The highest BCUT2D eigenvalue weighted by Gasteiger charge is 2.43. The summed E-state index contributed by atoms with van der Waals surface area (Å²) in [5.41, 5.74) is 8.56. The number of ether oxygens (including phenoxy) is 1. The Hall–Kier alpha value is -7.27. The van der Waals surface area contributed by atoms with Crippen molar-refractivity contribution < 1.29 is 41.8 Å². The number of unbranched alkanes of at least 4 members (excludes halogenated alkanes) is 5. The van der Waals surface area contributed by atoms with Crippen LogP contribution in [0.5, 0.6) is 5.75 Å². The third-order valence-electron chi connectivity index (χ3n) is 14.8. The van der Waals surface area contributed by atoms with E-state index in [1.54, 1.807) is 54.7 Å². The Morgan fingerprint density at radius 2 is 1.54 bits per heavy atom. The molecule has 79 heavy (non-hydrogen) atoms. The molecular weight excluding hydrogens is 1040 g/mol. The number of nitrogens with one attached hydrogen (secondary N) is 3. The number of carbonyl (C=O) groups is 3. The quantitative estimate of drug-likeness (QED) is 0.0162. The van der Waals surface area contributed by atoms with Crippen LogP contribution in [0, 0.1) is 13.8 Å². The minimum atomic E-state index is -4.41. The number of carbonyl (C=O) groups excluding carboxylic acids is 2. The molecule has 0 saturated carbocycles. The second-order valence-electron chi connectivity index (χ2n) is 21.5. The van der Waals surface area contributed by atoms with E-state index in [0.29, 0.717) is 48.5 Å². The molecule has 5 aromatic rings. The van der Waals surface area contributed by atoms with Crippen molar-refractivity contribution in [2.24, 2.45) is 0 Å². The van der Waals surface area contributed by atoms with Crippen LogP contribution in [-0.2, 0) is 37.1 Å². The van der Waals surface area contributed by atoms with Gasteiger partial charge in [-0.25, -0.2) is 4.79 Å². The molecule has 3 amide bonds. The first kappa shape index (κ1) is 59.4. The van der Waals surface area contributed by atoms with Crippen LogP contribution >= 0.6 is 11.6 Å². The van der Waals surface area contributed by atoms with E-state index in [-0.39, 0.29) is 47.2 Å². The standard InChI is InChI=1S/C62H73ClN6O9S/c1-42-25-28-44(29-26-42)50(40-57(71)72)65-60(74)66-58-53(33-36-68(59(58)73)41-45-20-15-16-21-49(45)63)78-37-19-9-8-17-34-64-56(70)24-14-11-18-35-69-52-32-30-46(79(75,76)77)39-48(52)62(5,6)55(69)23-13-10-12-22-54-61(3,4)47-38-43(2)27-31-51(47)67(54)7/h10,12-13,15-16,20-23,25-33,36,38-39,50H,8-9,11,14,17-19,24,34-35,37,40-41H2,1-7H3,(H4-,64,65,66,70,71,72,74,75,76,77)/p+1/t50-/m0/s1. The van der Waals surface area contributed by atoms with Crippen LogP contribution in [-0.4, -0.2) is 77.6 Å². The molecule has 0 radical (unpaired) electrons. The predicted octanol–water partition coefficient (Wildman–Crippen LogP) is 11.9. The molecule has 0 fully saturated rings. The van der Waals surface area contributed by atoms with Crippen molar-refractivity contribution >= 4 is 62.4 Å². The van der Waals surface area contributed by atoms with Crippen LogP contribution in [0.1, 0.15) is 125 Å². The number of amides is 3. The van der Waals surface area contributed by atoms with Crippen molar-refractivity contribution in [3.05, 3.63) is 182 Å². The summed E-state index contributed by atoms with van der Waals surface area (Å²) < 4.78 is 44.1. The van der Waals surface area contributed by atoms with Crippen molar-refractivity contribution in [3.8, 4) is 5.75 Å². The number of fused-ring (bicyclic) bond motifs is 2. The number of rotatable bonds is 25. The maximum Gasteiger partial charge on any atom is 0.319 e. The zero-order valence-corrected chi connectivity index (χ0v) is 47.8. The summed E-state index contributed by atoms with van der Waals surface area (Å²) in [5.74, 6) is -0.947. The number of aryl methyl sites for hydroxylation is 2. The lowest BCUT2D eigenvalue weighted by Gasteiger charge is -2.27. The first-order chi connectivity index (χ1) is 37.6. The van der Waals surface area contributed by atoms with Gasteiger partial charge in [0.25, 0.3) is 15.7 Å². The van der Waals surface area contributed by atoms with Crippen LogP contribution in [0.4, 0.5) is 21.9 Å². The second kappa shape index (κ2) is 26.1. The Labute approximate surface area is 469 Å². The fraction of sp³-hybridized carbons (Fsp3) is 0.371. The molecule has 2 aliphatic rings. The largest absolute Gasteiger partial charge is 0.491 e. The molecule has 418 valence electrons. The van der Waals surface area contributed by atoms with Gasteiger partial charge in [0.2, 0.25) is 11.6 Å². The topological polar surface area (TPSA) is 199 Å². The molecule has 3 heterocycles. The summed E-state index contributed by atoms with van der Waals surface area (Å²) in [6.45, 7) is 14.2. The van der Waals surface area contributed by atoms with Gasteiger partial charge in [0.05, 0.1) is 35.9 Å². The van der Waals surface area contributed by atoms with Gasteiger partial charge < -0.3 is 35.3 Å². The van der Waals surface area contributed by atoms with Crippen LogP contribution in [0.2, 0.25) is 5.02 Å². The van der Waals surface area contributed by atoms with Crippen molar-refractivity contribution in [2.45, 2.75) is 128 Å². The number of pyridine rings is 1. The van der Waals surface area contributed by atoms with Gasteiger partial charge in [0, 0.05) is 65.2 Å². The molecule has 0 aliphatic carbocycles. The number of benzene rings is 4. The normalized spacial score (nSPS) is 15.4. The predicted molar refractivity (Wildman–Crippen MR) is 313 cm³/mol. The molecule has 0 spiro atoms. The summed E-state index contributed by atoms with van der Waals surface area (Å²) in [4.78, 5) is 54.1. The van der Waals surface area contributed by atoms with Crippen molar-refractivity contribution in [2.75, 3.05) is 37.0 Å². The fourth-order valence-corrected chi connectivity index (χ4v) is 11.1. The van der Waals surface area contributed by atoms with Gasteiger partial charge in [0.15, 0.2) is 11.4 Å². The lowest BCUT2D eigenvalue weighted by Crippen LogP contribution is -2.36. The first-order valence-corrected chi connectivity index (χ1v) is 28.8. The Bertz CT molecular complexity index is 3360. The van der Waals surface area contributed by atoms with Gasteiger partial charge in [-0.05, 0) is 113 Å². The number of aliphatic carboxylic acids is 1. The summed E-state index contributed by atoms with van der Waals surface area (Å²) in [6, 6.07) is 25.6. The molecule has 1 atom stereocenters. The van der Waals surface area contributed by atoms with Gasteiger partial charge in [-0.3, -0.25) is 18.9 Å². The summed E-state index contributed by atoms with van der Waals surface area (Å²) in [6.07, 6.45) is 17.2. The second-order valence-corrected chi connectivity index (χ2v) is 23.3. The Morgan fingerprint density at radius 3 is 2.28 bits per heavy atom. The van der Waals surface area contributed by atoms with Crippen LogP contribution < -0.4 is 31.1 Å². The highest BCUT2D eigenvalue weighted by atomic mass is 35.5. The van der Waals surface area contributed by atoms with Gasteiger partial charge in [-0.1, -0.05) is 123 Å². The van der Waals surface area contributed by atoms with Gasteiger partial charge in [0.1, 0.15) is 12.8 Å². The minimum Gasteiger partial charge on any atom is -0.491 e. The third kappa shape index (κ3) is 14.9. The van der Waals surface area contributed by atoms with Crippen molar-refractivity contribution in [1.29, 1.82) is 0 Å². The molecule has 4 aromatic carbocycles. The number of carboxylic acids is 1. The van der Waals surface area contributed by atoms with E-state index in [9.17, 15) is 37.3 Å². The Balaban J connectivity index is 0.875. The molecule has 17 heteroatoms. The number of carboxylic acid groups (broad SMARTS) is 1. The SMILES string of the molecule is Cc1ccc([C@H](CC(=O)O)NC(=O)Nc2c(OCCCCCCNC(=O)CCCCCN3C(=CC=CC=CC4=[N+](C)c5ccc(C)cc5C4(C)C)C(C)(C)c4cc(S(=O)(=O)O)ccc43)ccn(Cc3ccccc3Cl)c2=O)cc1. The van der Waals surface area contributed by atoms with E-state index < -0.39 is 39.1 Å². The van der Waals surface area contributed by atoms with Crippen LogP contribution in [0.15, 0.2) is 143 Å². The smallest absolute Gasteiger partial charge is 0.319 e. The van der Waals surface area contributed by atoms with E-state index >= 15 is 0 Å². The molecule has 2 aliphatic heterocycles. The van der Waals surface area contributed by atoms with Crippen LogP contribution in [0.3, 0.4) is 0 Å². The number of aromatic nitrogens is 1. The molecule has 5 N–H and O–H groups in total. The summed E-state index contributed by atoms with van der Waals surface area (Å²) >= 11 is 6.41. The van der Waals surface area contributed by atoms with Crippen molar-refractivity contribution in [3.63, 3.8) is 0 Å². The third-order valence-corrected chi connectivity index (χ3v) is 16.1. The molecule has 15 nitrogen and oxygen atoms in total. The average molecular weight is 1110 g/mol. The molecule has 0 bridgehead atoms. The Kier molecular flexibility index (Phi) is 19.6. The lowest BCUT2D eigenvalue weighted by atomic mass is 9.81. The van der Waals surface area contributed by atoms with E-state index in [0.717, 1.165) is 54.6 Å². The first-order valence-electron chi connectivity index (χ1n) is 27.0. The number of urea groups is 1. The molecule has 1 aromatic heterocycles. The number of hydrogen-bond acceptors (Lipinski definition) is 8. The summed E-state index contributed by atoms with van der Waals surface area (Å²) in [5, 5.41) is 18.5. The Morgan fingerprint density at radius 1 is 0.823 bits per heavy atom.